The molecule has 18 heavy (non-hydrogen) atoms. The Labute approximate surface area is 113 Å². The second-order valence-electron chi connectivity index (χ2n) is 4.57. The summed E-state index contributed by atoms with van der Waals surface area (Å²) in [5.74, 6) is 1.06. The number of halogens is 1. The summed E-state index contributed by atoms with van der Waals surface area (Å²) in [5, 5.41) is 4.25. The normalized spacial score (nSPS) is 13.1. The Morgan fingerprint density at radius 2 is 2.17 bits per heavy atom. The third kappa shape index (κ3) is 2.52. The largest absolute Gasteiger partial charge is 0.326 e. The van der Waals surface area contributed by atoms with E-state index in [1.807, 2.05) is 18.2 Å². The fourth-order valence-corrected chi connectivity index (χ4v) is 2.35. The summed E-state index contributed by atoms with van der Waals surface area (Å²) in [6.45, 7) is 8.16. The highest BCUT2D eigenvalue weighted by molar-refractivity contribution is 6.35. The van der Waals surface area contributed by atoms with Crippen LogP contribution in [0.1, 0.15) is 33.0 Å². The summed E-state index contributed by atoms with van der Waals surface area (Å²) in [7, 11) is 0. The summed E-state index contributed by atoms with van der Waals surface area (Å²) < 4.78 is 2.19. The number of hydrogen-bond donors (Lipinski definition) is 1. The molecule has 1 atom stereocenters. The van der Waals surface area contributed by atoms with Gasteiger partial charge in [0.25, 0.3) is 0 Å². The Balaban J connectivity index is 2.36. The van der Waals surface area contributed by atoms with Gasteiger partial charge in [0.2, 0.25) is 0 Å². The van der Waals surface area contributed by atoms with E-state index in [2.05, 4.69) is 35.6 Å². The molecule has 0 aliphatic carbocycles. The predicted molar refractivity (Wildman–Crippen MR) is 77.0 cm³/mol. The van der Waals surface area contributed by atoms with Crippen LogP contribution in [0.4, 0.5) is 0 Å². The van der Waals surface area contributed by atoms with Crippen LogP contribution < -0.4 is 5.32 Å². The molecule has 1 unspecified atom stereocenters. The molecule has 3 nitrogen and oxygen atoms in total. The monoisotopic (exact) mass is 265 g/mol. The minimum atomic E-state index is 0.505. The van der Waals surface area contributed by atoms with Crippen LogP contribution in [0.25, 0.3) is 11.0 Å². The zero-order chi connectivity index (χ0) is 13.1. The molecule has 4 heteroatoms. The molecule has 1 N–H and O–H groups in total. The minimum Gasteiger partial charge on any atom is -0.326 e. The van der Waals surface area contributed by atoms with Crippen molar-refractivity contribution in [1.29, 1.82) is 0 Å². The maximum Gasteiger partial charge on any atom is 0.123 e. The van der Waals surface area contributed by atoms with Crippen LogP contribution >= 0.6 is 11.6 Å². The zero-order valence-corrected chi connectivity index (χ0v) is 12.0. The average Bonchev–Trinajstić information content (AvgIpc) is 2.74. The highest BCUT2D eigenvalue weighted by Crippen LogP contribution is 2.24. The van der Waals surface area contributed by atoms with Crippen LogP contribution in [-0.2, 0) is 13.1 Å². The Bertz CT molecular complexity index is 533. The lowest BCUT2D eigenvalue weighted by Crippen LogP contribution is -2.26. The maximum atomic E-state index is 6.26. The topological polar surface area (TPSA) is 29.9 Å². The van der Waals surface area contributed by atoms with Crippen LogP contribution in [0.3, 0.4) is 0 Å². The SMILES string of the molecule is CCC(C)NCc1nc2cccc(Cl)c2n1CC. The van der Waals surface area contributed by atoms with Crippen molar-refractivity contribution >= 4 is 22.6 Å². The molecule has 0 saturated heterocycles. The van der Waals surface area contributed by atoms with Gasteiger partial charge in [0.15, 0.2) is 0 Å². The molecular weight excluding hydrogens is 246 g/mol. The number of nitrogens with one attached hydrogen (secondary N) is 1. The van der Waals surface area contributed by atoms with Crippen molar-refractivity contribution in [3.8, 4) is 0 Å². The molecule has 1 aromatic carbocycles. The number of aromatic nitrogens is 2. The van der Waals surface area contributed by atoms with Crippen molar-refractivity contribution in [2.75, 3.05) is 0 Å². The summed E-state index contributed by atoms with van der Waals surface area (Å²) in [4.78, 5) is 4.67. The van der Waals surface area contributed by atoms with Crippen molar-refractivity contribution in [3.05, 3.63) is 29.0 Å². The van der Waals surface area contributed by atoms with Crippen molar-refractivity contribution < 1.29 is 0 Å². The van der Waals surface area contributed by atoms with Gasteiger partial charge in [-0.15, -0.1) is 0 Å². The lowest BCUT2D eigenvalue weighted by atomic mass is 10.2. The van der Waals surface area contributed by atoms with Crippen molar-refractivity contribution in [3.63, 3.8) is 0 Å². The highest BCUT2D eigenvalue weighted by Gasteiger charge is 2.12. The molecule has 0 radical (unpaired) electrons. The van der Waals surface area contributed by atoms with Crippen LogP contribution in [0, 0.1) is 0 Å². The Hall–Kier alpha value is -1.06. The average molecular weight is 266 g/mol. The van der Waals surface area contributed by atoms with E-state index in [0.29, 0.717) is 6.04 Å². The summed E-state index contributed by atoms with van der Waals surface area (Å²) in [6.07, 6.45) is 1.12. The van der Waals surface area contributed by atoms with E-state index in [0.717, 1.165) is 41.4 Å². The van der Waals surface area contributed by atoms with Gasteiger partial charge in [-0.1, -0.05) is 24.6 Å². The smallest absolute Gasteiger partial charge is 0.123 e. The summed E-state index contributed by atoms with van der Waals surface area (Å²) >= 11 is 6.26. The maximum absolute atomic E-state index is 6.26. The summed E-state index contributed by atoms with van der Waals surface area (Å²) in [5.41, 5.74) is 2.02. The highest BCUT2D eigenvalue weighted by atomic mass is 35.5. The Morgan fingerprint density at radius 1 is 1.39 bits per heavy atom. The van der Waals surface area contributed by atoms with Gasteiger partial charge in [0.1, 0.15) is 5.82 Å². The molecule has 0 aliphatic heterocycles. The molecule has 2 aromatic rings. The number of rotatable bonds is 5. The first-order valence-electron chi connectivity index (χ1n) is 6.54. The molecule has 0 saturated carbocycles. The molecule has 2 rings (SSSR count). The number of fused-ring (bicyclic) bond motifs is 1. The van der Waals surface area contributed by atoms with Gasteiger partial charge >= 0.3 is 0 Å². The Kier molecular flexibility index (Phi) is 4.25. The fraction of sp³-hybridized carbons (Fsp3) is 0.500. The fourth-order valence-electron chi connectivity index (χ4n) is 2.08. The number of nitrogens with zero attached hydrogens (tertiary/aromatic N) is 2. The third-order valence-electron chi connectivity index (χ3n) is 3.33. The number of para-hydroxylation sites is 1. The molecule has 0 bridgehead atoms. The quantitative estimate of drug-likeness (QED) is 0.895. The zero-order valence-electron chi connectivity index (χ0n) is 11.2. The van der Waals surface area contributed by atoms with Crippen LogP contribution in [0.15, 0.2) is 18.2 Å². The van der Waals surface area contributed by atoms with Gasteiger partial charge in [0, 0.05) is 12.6 Å². The van der Waals surface area contributed by atoms with E-state index in [-0.39, 0.29) is 0 Å². The first-order chi connectivity index (χ1) is 8.67. The predicted octanol–water partition coefficient (Wildman–Crippen LogP) is 3.60. The van der Waals surface area contributed by atoms with Crippen molar-refractivity contribution in [1.82, 2.24) is 14.9 Å². The van der Waals surface area contributed by atoms with Gasteiger partial charge in [-0.2, -0.15) is 0 Å². The van der Waals surface area contributed by atoms with E-state index < -0.39 is 0 Å². The van der Waals surface area contributed by atoms with E-state index in [4.69, 9.17) is 11.6 Å². The van der Waals surface area contributed by atoms with E-state index in [1.54, 1.807) is 0 Å². The van der Waals surface area contributed by atoms with E-state index >= 15 is 0 Å². The van der Waals surface area contributed by atoms with Crippen molar-refractivity contribution in [2.45, 2.75) is 46.3 Å². The van der Waals surface area contributed by atoms with E-state index in [9.17, 15) is 0 Å². The van der Waals surface area contributed by atoms with Crippen LogP contribution in [0.5, 0.6) is 0 Å². The lowest BCUT2D eigenvalue weighted by molar-refractivity contribution is 0.512. The number of benzene rings is 1. The van der Waals surface area contributed by atoms with Crippen molar-refractivity contribution in [2.24, 2.45) is 0 Å². The van der Waals surface area contributed by atoms with Gasteiger partial charge < -0.3 is 9.88 Å². The second kappa shape index (κ2) is 5.72. The van der Waals surface area contributed by atoms with Gasteiger partial charge in [0.05, 0.1) is 22.6 Å². The van der Waals surface area contributed by atoms with Gasteiger partial charge in [-0.25, -0.2) is 4.98 Å². The molecule has 0 aliphatic rings. The molecule has 0 spiro atoms. The van der Waals surface area contributed by atoms with Crippen LogP contribution in [-0.4, -0.2) is 15.6 Å². The Morgan fingerprint density at radius 3 is 2.83 bits per heavy atom. The number of aryl methyl sites for hydroxylation is 1. The first kappa shape index (κ1) is 13.4. The number of imidazole rings is 1. The molecule has 1 heterocycles. The molecule has 98 valence electrons. The summed E-state index contributed by atoms with van der Waals surface area (Å²) in [6, 6.07) is 6.39. The van der Waals surface area contributed by atoms with Crippen LogP contribution in [0.2, 0.25) is 5.02 Å². The number of hydrogen-bond acceptors (Lipinski definition) is 2. The minimum absolute atomic E-state index is 0.505. The molecule has 0 fully saturated rings. The first-order valence-corrected chi connectivity index (χ1v) is 6.92. The van der Waals surface area contributed by atoms with Gasteiger partial charge in [-0.3, -0.25) is 0 Å². The van der Waals surface area contributed by atoms with E-state index in [1.165, 1.54) is 0 Å². The molecule has 1 aromatic heterocycles. The molecular formula is C14H20ClN3. The third-order valence-corrected chi connectivity index (χ3v) is 3.64. The molecule has 0 amide bonds. The standard InChI is InChI=1S/C14H20ClN3/c1-4-10(3)16-9-13-17-12-8-6-7-11(15)14(12)18(13)5-2/h6-8,10,16H,4-5,9H2,1-3H3. The lowest BCUT2D eigenvalue weighted by Gasteiger charge is -2.12. The van der Waals surface area contributed by atoms with Gasteiger partial charge in [-0.05, 0) is 32.4 Å². The second-order valence-corrected chi connectivity index (χ2v) is 4.98.